The van der Waals surface area contributed by atoms with Gasteiger partial charge in [-0.15, -0.1) is 22.9 Å². The minimum absolute atomic E-state index is 0.347. The molecule has 1 N–H and O–H groups in total. The monoisotopic (exact) mass is 215 g/mol. The molecule has 0 aliphatic heterocycles. The third-order valence-corrected chi connectivity index (χ3v) is 3.74. The molecule has 1 aromatic heterocycles. The van der Waals surface area contributed by atoms with E-state index in [4.69, 9.17) is 11.6 Å². The van der Waals surface area contributed by atoms with E-state index in [1.807, 2.05) is 0 Å². The van der Waals surface area contributed by atoms with Gasteiger partial charge >= 0.3 is 0 Å². The fourth-order valence-corrected chi connectivity index (χ4v) is 2.41. The van der Waals surface area contributed by atoms with E-state index in [0.29, 0.717) is 5.38 Å². The lowest BCUT2D eigenvalue weighted by molar-refractivity contribution is 0.623. The predicted octanol–water partition coefficient (Wildman–Crippen LogP) is 2.86. The number of nitrogens with one attached hydrogen (secondary N) is 1. The van der Waals surface area contributed by atoms with Gasteiger partial charge in [0, 0.05) is 23.3 Å². The normalized spacial score (nSPS) is 18.8. The lowest BCUT2D eigenvalue weighted by atomic mass is 10.3. The highest BCUT2D eigenvalue weighted by molar-refractivity contribution is 7.09. The van der Waals surface area contributed by atoms with Crippen LogP contribution in [0.25, 0.3) is 0 Å². The van der Waals surface area contributed by atoms with Crippen LogP contribution in [0.4, 0.5) is 0 Å². The van der Waals surface area contributed by atoms with Crippen molar-refractivity contribution in [2.45, 2.75) is 24.8 Å². The van der Waals surface area contributed by atoms with Gasteiger partial charge in [0.2, 0.25) is 0 Å². The Kier molecular flexibility index (Phi) is 3.25. The van der Waals surface area contributed by atoms with Gasteiger partial charge in [0.1, 0.15) is 0 Å². The van der Waals surface area contributed by atoms with Crippen molar-refractivity contribution in [3.63, 3.8) is 0 Å². The molecule has 1 atom stereocenters. The van der Waals surface area contributed by atoms with Gasteiger partial charge in [-0.25, -0.2) is 0 Å². The van der Waals surface area contributed by atoms with Crippen molar-refractivity contribution in [2.24, 2.45) is 5.92 Å². The zero-order chi connectivity index (χ0) is 9.10. The van der Waals surface area contributed by atoms with E-state index in [1.54, 1.807) is 11.3 Å². The summed E-state index contributed by atoms with van der Waals surface area (Å²) in [5.74, 6) is 0.789. The molecule has 0 saturated heterocycles. The van der Waals surface area contributed by atoms with E-state index in [0.717, 1.165) is 19.0 Å². The van der Waals surface area contributed by atoms with Crippen molar-refractivity contribution in [1.29, 1.82) is 0 Å². The Bertz CT molecular complexity index is 243. The zero-order valence-corrected chi connectivity index (χ0v) is 9.07. The SMILES string of the molecule is ClC(CNCc1cccs1)C1CC1. The predicted molar refractivity (Wildman–Crippen MR) is 58.4 cm³/mol. The summed E-state index contributed by atoms with van der Waals surface area (Å²) in [6, 6.07) is 4.23. The van der Waals surface area contributed by atoms with E-state index in [2.05, 4.69) is 22.8 Å². The summed E-state index contributed by atoms with van der Waals surface area (Å²) >= 11 is 7.95. The molecule has 2 rings (SSSR count). The van der Waals surface area contributed by atoms with E-state index in [-0.39, 0.29) is 0 Å². The maximum Gasteiger partial charge on any atom is 0.0488 e. The molecule has 0 bridgehead atoms. The summed E-state index contributed by atoms with van der Waals surface area (Å²) in [4.78, 5) is 1.39. The molecule has 1 unspecified atom stereocenters. The number of alkyl halides is 1. The van der Waals surface area contributed by atoms with Gasteiger partial charge in [-0.1, -0.05) is 6.07 Å². The third kappa shape index (κ3) is 2.97. The highest BCUT2D eigenvalue weighted by Gasteiger charge is 2.28. The molecule has 0 aromatic carbocycles. The molecule has 1 aliphatic carbocycles. The maximum absolute atomic E-state index is 6.16. The van der Waals surface area contributed by atoms with Gasteiger partial charge in [-0.05, 0) is 30.2 Å². The number of thiophene rings is 1. The number of hydrogen-bond donors (Lipinski definition) is 1. The molecule has 13 heavy (non-hydrogen) atoms. The van der Waals surface area contributed by atoms with Crippen molar-refractivity contribution >= 4 is 22.9 Å². The first-order valence-corrected chi connectivity index (χ1v) is 6.05. The van der Waals surface area contributed by atoms with Crippen LogP contribution in [-0.4, -0.2) is 11.9 Å². The summed E-state index contributed by atoms with van der Waals surface area (Å²) in [6.45, 7) is 1.91. The van der Waals surface area contributed by atoms with Crippen molar-refractivity contribution in [1.82, 2.24) is 5.32 Å². The molecule has 0 amide bonds. The van der Waals surface area contributed by atoms with Gasteiger partial charge in [0.15, 0.2) is 0 Å². The van der Waals surface area contributed by atoms with Crippen LogP contribution in [0.3, 0.4) is 0 Å². The molecule has 1 aromatic rings. The first-order valence-electron chi connectivity index (χ1n) is 4.73. The number of hydrogen-bond acceptors (Lipinski definition) is 2. The molecular formula is C10H14ClNS. The van der Waals surface area contributed by atoms with E-state index < -0.39 is 0 Å². The average Bonchev–Trinajstić information content (AvgIpc) is 2.86. The Morgan fingerprint density at radius 3 is 3.08 bits per heavy atom. The van der Waals surface area contributed by atoms with Crippen molar-refractivity contribution in [3.05, 3.63) is 22.4 Å². The van der Waals surface area contributed by atoms with Gasteiger partial charge in [0.25, 0.3) is 0 Å². The van der Waals surface area contributed by atoms with E-state index in [9.17, 15) is 0 Å². The molecular weight excluding hydrogens is 202 g/mol. The van der Waals surface area contributed by atoms with Crippen molar-refractivity contribution in [3.8, 4) is 0 Å². The molecule has 3 heteroatoms. The summed E-state index contributed by atoms with van der Waals surface area (Å²) in [5.41, 5.74) is 0. The number of halogens is 1. The topological polar surface area (TPSA) is 12.0 Å². The van der Waals surface area contributed by atoms with Crippen LogP contribution in [-0.2, 0) is 6.54 Å². The van der Waals surface area contributed by atoms with Crippen LogP contribution >= 0.6 is 22.9 Å². The fraction of sp³-hybridized carbons (Fsp3) is 0.600. The molecule has 0 radical (unpaired) electrons. The van der Waals surface area contributed by atoms with E-state index in [1.165, 1.54) is 17.7 Å². The van der Waals surface area contributed by atoms with Crippen LogP contribution in [0, 0.1) is 5.92 Å². The van der Waals surface area contributed by atoms with Crippen LogP contribution in [0.1, 0.15) is 17.7 Å². The Hall–Kier alpha value is -0.0500. The summed E-state index contributed by atoms with van der Waals surface area (Å²) < 4.78 is 0. The molecule has 0 spiro atoms. The Morgan fingerprint density at radius 1 is 1.62 bits per heavy atom. The second kappa shape index (κ2) is 4.45. The van der Waals surface area contributed by atoms with Gasteiger partial charge in [0.05, 0.1) is 0 Å². The third-order valence-electron chi connectivity index (χ3n) is 2.35. The standard InChI is InChI=1S/C10H14ClNS/c11-10(8-3-4-8)7-12-6-9-2-1-5-13-9/h1-2,5,8,10,12H,3-4,6-7H2. The Labute approximate surface area is 88.1 Å². The van der Waals surface area contributed by atoms with Crippen molar-refractivity contribution < 1.29 is 0 Å². The molecule has 1 fully saturated rings. The quantitative estimate of drug-likeness (QED) is 0.745. The Morgan fingerprint density at radius 2 is 2.46 bits per heavy atom. The first kappa shape index (κ1) is 9.50. The minimum Gasteiger partial charge on any atom is -0.310 e. The maximum atomic E-state index is 6.16. The largest absolute Gasteiger partial charge is 0.310 e. The van der Waals surface area contributed by atoms with Crippen LogP contribution in [0.15, 0.2) is 17.5 Å². The zero-order valence-electron chi connectivity index (χ0n) is 7.50. The van der Waals surface area contributed by atoms with Gasteiger partial charge in [-0.3, -0.25) is 0 Å². The van der Waals surface area contributed by atoms with Gasteiger partial charge < -0.3 is 5.32 Å². The smallest absolute Gasteiger partial charge is 0.0488 e. The molecule has 1 nitrogen and oxygen atoms in total. The van der Waals surface area contributed by atoms with Crippen LogP contribution in [0.5, 0.6) is 0 Å². The highest BCUT2D eigenvalue weighted by atomic mass is 35.5. The second-order valence-corrected chi connectivity index (χ2v) is 5.16. The highest BCUT2D eigenvalue weighted by Crippen LogP contribution is 2.35. The number of rotatable bonds is 5. The van der Waals surface area contributed by atoms with E-state index >= 15 is 0 Å². The first-order chi connectivity index (χ1) is 6.36. The lowest BCUT2D eigenvalue weighted by Gasteiger charge is -2.08. The van der Waals surface area contributed by atoms with Crippen LogP contribution < -0.4 is 5.32 Å². The summed E-state index contributed by atoms with van der Waals surface area (Å²) in [5, 5.41) is 5.84. The molecule has 1 saturated carbocycles. The van der Waals surface area contributed by atoms with Gasteiger partial charge in [-0.2, -0.15) is 0 Å². The molecule has 1 heterocycles. The minimum atomic E-state index is 0.347. The average molecular weight is 216 g/mol. The molecule has 72 valence electrons. The van der Waals surface area contributed by atoms with Crippen LogP contribution in [0.2, 0.25) is 0 Å². The Balaban J connectivity index is 1.63. The molecule has 1 aliphatic rings. The fourth-order valence-electron chi connectivity index (χ4n) is 1.37. The summed E-state index contributed by atoms with van der Waals surface area (Å²) in [6.07, 6.45) is 2.66. The lowest BCUT2D eigenvalue weighted by Crippen LogP contribution is -2.23. The van der Waals surface area contributed by atoms with Crippen molar-refractivity contribution in [2.75, 3.05) is 6.54 Å². The second-order valence-electron chi connectivity index (χ2n) is 3.56. The summed E-state index contributed by atoms with van der Waals surface area (Å²) in [7, 11) is 0.